The fourth-order valence-corrected chi connectivity index (χ4v) is 1.02. The summed E-state index contributed by atoms with van der Waals surface area (Å²) in [5.41, 5.74) is -0.711. The van der Waals surface area contributed by atoms with E-state index in [1.807, 2.05) is 0 Å². The smallest absolute Gasteiger partial charge is 0.149 e. The van der Waals surface area contributed by atoms with Gasteiger partial charge in [0.1, 0.15) is 0 Å². The van der Waals surface area contributed by atoms with Crippen molar-refractivity contribution in [3.8, 4) is 9.85 Å². The molecule has 0 spiro atoms. The van der Waals surface area contributed by atoms with E-state index >= 15 is 0 Å². The van der Waals surface area contributed by atoms with E-state index in [-0.39, 0.29) is 20.7 Å². The van der Waals surface area contributed by atoms with E-state index in [0.29, 0.717) is 0 Å². The minimum Gasteiger partial charge on any atom is -0.149 e. The van der Waals surface area contributed by atoms with Crippen molar-refractivity contribution in [1.82, 2.24) is 0 Å². The van der Waals surface area contributed by atoms with Crippen molar-refractivity contribution in [2.45, 2.75) is 19.4 Å². The maximum atomic E-state index is 9.97. The highest BCUT2D eigenvalue weighted by atomic mass is 127. The molecule has 0 aliphatic rings. The van der Waals surface area contributed by atoms with Gasteiger partial charge in [0.05, 0.1) is 0 Å². The van der Waals surface area contributed by atoms with Crippen LogP contribution in [0.25, 0.3) is 0 Å². The fourth-order valence-electron chi connectivity index (χ4n) is 0.172. The molecular weight excluding hydrogens is 229 g/mol. The molecule has 0 N–H and O–H groups in total. The monoisotopic (exact) mass is 237 g/mol. The highest BCUT2D eigenvalue weighted by molar-refractivity contribution is 14.2. The van der Waals surface area contributed by atoms with Gasteiger partial charge in [0.25, 0.3) is 0 Å². The minimum absolute atomic E-state index is 0.275. The van der Waals surface area contributed by atoms with Crippen LogP contribution in [0.2, 0.25) is 0 Å². The third-order valence-electron chi connectivity index (χ3n) is 0.648. The highest BCUT2D eigenvalue weighted by Crippen LogP contribution is 2.05. The lowest BCUT2D eigenvalue weighted by Gasteiger charge is -2.02. The van der Waals surface area contributed by atoms with Crippen LogP contribution in [0, 0.1) is 14.8 Å². The zero-order valence-corrected chi connectivity index (χ0v) is 7.60. The number of rotatable bonds is 1. The first kappa shape index (κ1) is 8.76. The minimum atomic E-state index is -0.711. The van der Waals surface area contributed by atoms with E-state index in [0.717, 1.165) is 0 Å². The van der Waals surface area contributed by atoms with Gasteiger partial charge in [-0.2, -0.15) is 0 Å². The molecule has 0 unspecified atom stereocenters. The normalized spacial score (nSPS) is 9.56. The third-order valence-corrected chi connectivity index (χ3v) is 1.30. The summed E-state index contributed by atoms with van der Waals surface area (Å²) in [7, 11) is 0. The molecule has 0 radical (unpaired) electrons. The second kappa shape index (κ2) is 3.72. The summed E-state index contributed by atoms with van der Waals surface area (Å²) in [5.74, 6) is 2.72. The first-order chi connectivity index (χ1) is 4.12. The van der Waals surface area contributed by atoms with Crippen molar-refractivity contribution in [1.29, 1.82) is 0 Å². The Bertz CT molecular complexity index is 175. The maximum absolute atomic E-state index is 9.97. The molecule has 0 bridgehead atoms. The Morgan fingerprint density at radius 1 is 1.67 bits per heavy atom. The molecular formula is C6H8INO. The van der Waals surface area contributed by atoms with Gasteiger partial charge in [-0.3, -0.25) is 0 Å². The summed E-state index contributed by atoms with van der Waals surface area (Å²) < 4.78 is 6.41. The Labute approximate surface area is 64.8 Å². The van der Waals surface area contributed by atoms with Crippen LogP contribution in [-0.2, 0) is 0 Å². The summed E-state index contributed by atoms with van der Waals surface area (Å²) in [6, 6.07) is 0. The van der Waals surface area contributed by atoms with Crippen LogP contribution in [0.5, 0.6) is 0 Å². The van der Waals surface area contributed by atoms with Gasteiger partial charge in [0.2, 0.25) is 0 Å². The van der Waals surface area contributed by atoms with E-state index in [1.54, 1.807) is 13.8 Å². The van der Waals surface area contributed by atoms with E-state index in [4.69, 9.17) is 0 Å². The second-order valence-corrected chi connectivity index (χ2v) is 3.31. The SMILES string of the molecule is C=IC#CC(C)(C)N=O. The lowest BCUT2D eigenvalue weighted by Crippen LogP contribution is -2.10. The molecule has 0 aromatic heterocycles. The average molecular weight is 237 g/mol. The lowest BCUT2D eigenvalue weighted by atomic mass is 10.1. The number of nitrogens with zero attached hydrogens (tertiary/aromatic N) is 1. The van der Waals surface area contributed by atoms with Crippen LogP contribution >= 0.6 is 20.7 Å². The van der Waals surface area contributed by atoms with E-state index in [1.165, 1.54) is 0 Å². The molecule has 0 rings (SSSR count). The Balaban J connectivity index is 4.16. The molecule has 0 saturated carbocycles. The van der Waals surface area contributed by atoms with Gasteiger partial charge >= 0.3 is 0 Å². The van der Waals surface area contributed by atoms with Crippen LogP contribution in [0.15, 0.2) is 5.18 Å². The average Bonchev–Trinajstić information content (AvgIpc) is 1.84. The van der Waals surface area contributed by atoms with Crippen LogP contribution < -0.4 is 0 Å². The highest BCUT2D eigenvalue weighted by Gasteiger charge is 2.12. The summed E-state index contributed by atoms with van der Waals surface area (Å²) in [5, 5.41) is 2.82. The van der Waals surface area contributed by atoms with Gasteiger partial charge in [-0.25, -0.2) is 0 Å². The predicted octanol–water partition coefficient (Wildman–Crippen LogP) is 1.90. The first-order valence-corrected chi connectivity index (χ1v) is 4.97. The van der Waals surface area contributed by atoms with Gasteiger partial charge in [0.15, 0.2) is 5.54 Å². The Morgan fingerprint density at radius 2 is 2.22 bits per heavy atom. The molecule has 0 atom stereocenters. The van der Waals surface area contributed by atoms with Crippen molar-refractivity contribution in [3.63, 3.8) is 0 Å². The summed E-state index contributed by atoms with van der Waals surface area (Å²) in [6.45, 7) is 3.37. The molecule has 0 fully saturated rings. The van der Waals surface area contributed by atoms with Gasteiger partial charge in [-0.15, -0.1) is 4.91 Å². The predicted molar refractivity (Wildman–Crippen MR) is 48.8 cm³/mol. The molecule has 3 heteroatoms. The zero-order chi connectivity index (χ0) is 7.33. The van der Waals surface area contributed by atoms with Crippen molar-refractivity contribution >= 4 is 25.2 Å². The molecule has 0 aromatic rings. The van der Waals surface area contributed by atoms with E-state index in [2.05, 4.69) is 19.5 Å². The van der Waals surface area contributed by atoms with Crippen molar-refractivity contribution in [2.24, 2.45) is 5.18 Å². The Morgan fingerprint density at radius 3 is 2.56 bits per heavy atom. The van der Waals surface area contributed by atoms with Gasteiger partial charge in [-0.05, 0) is 38.5 Å². The van der Waals surface area contributed by atoms with Crippen LogP contribution in [0.1, 0.15) is 13.8 Å². The fraction of sp³-hybridized carbons (Fsp3) is 0.500. The summed E-state index contributed by atoms with van der Waals surface area (Å²) >= 11 is -0.275. The summed E-state index contributed by atoms with van der Waals surface area (Å²) in [6.07, 6.45) is 0. The van der Waals surface area contributed by atoms with Crippen LogP contribution in [0.3, 0.4) is 0 Å². The zero-order valence-electron chi connectivity index (χ0n) is 5.44. The molecule has 50 valence electrons. The lowest BCUT2D eigenvalue weighted by molar-refractivity contribution is 0.677. The van der Waals surface area contributed by atoms with E-state index < -0.39 is 5.54 Å². The second-order valence-electron chi connectivity index (χ2n) is 2.00. The van der Waals surface area contributed by atoms with E-state index in [9.17, 15) is 4.91 Å². The van der Waals surface area contributed by atoms with Gasteiger partial charge < -0.3 is 0 Å². The molecule has 0 aliphatic heterocycles. The topological polar surface area (TPSA) is 29.4 Å². The quantitative estimate of drug-likeness (QED) is 0.389. The molecule has 0 heterocycles. The largest absolute Gasteiger partial charge is 0.158 e. The van der Waals surface area contributed by atoms with Crippen molar-refractivity contribution in [2.75, 3.05) is 0 Å². The summed E-state index contributed by atoms with van der Waals surface area (Å²) in [4.78, 5) is 9.97. The Hall–Kier alpha value is -0.240. The van der Waals surface area contributed by atoms with Gasteiger partial charge in [0, 0.05) is 0 Å². The maximum Gasteiger partial charge on any atom is 0.158 e. The third kappa shape index (κ3) is 4.28. The number of nitroso groups, excluding NO2 is 1. The number of halogens is 1. The number of hydrogen-bond acceptors (Lipinski definition) is 2. The van der Waals surface area contributed by atoms with Crippen LogP contribution in [-0.4, -0.2) is 10.1 Å². The standard InChI is InChI=1S/C6H8INO/c1-6(2,8-9)4-5-7-3/h3H2,1-2H3. The molecule has 9 heavy (non-hydrogen) atoms. The Kier molecular flexibility index (Phi) is 3.62. The van der Waals surface area contributed by atoms with Crippen molar-refractivity contribution in [3.05, 3.63) is 4.91 Å². The molecule has 0 aliphatic carbocycles. The van der Waals surface area contributed by atoms with Crippen LogP contribution in [0.4, 0.5) is 0 Å². The molecule has 2 nitrogen and oxygen atoms in total. The van der Waals surface area contributed by atoms with Gasteiger partial charge in [-0.1, -0.05) is 15.6 Å². The number of hydrogen-bond donors (Lipinski definition) is 0. The molecule has 0 aromatic carbocycles. The molecule has 0 saturated heterocycles. The first-order valence-electron chi connectivity index (χ1n) is 2.36. The van der Waals surface area contributed by atoms with Crippen molar-refractivity contribution < 1.29 is 0 Å². The molecule has 0 amide bonds.